The van der Waals surface area contributed by atoms with Gasteiger partial charge in [0.25, 0.3) is 0 Å². The SMILES string of the molecule is Cc1ccc(S(=O)(=O)CCC(=O)NCCCN2CCCCCC2)cc1. The summed E-state index contributed by atoms with van der Waals surface area (Å²) in [6.07, 6.45) is 6.11. The summed E-state index contributed by atoms with van der Waals surface area (Å²) in [6.45, 7) is 5.84. The maximum Gasteiger partial charge on any atom is 0.221 e. The highest BCUT2D eigenvalue weighted by molar-refractivity contribution is 7.91. The molecule has 0 radical (unpaired) electrons. The zero-order valence-corrected chi connectivity index (χ0v) is 16.0. The minimum absolute atomic E-state index is 0.0138. The second-order valence-electron chi connectivity index (χ2n) is 6.84. The fraction of sp³-hybridized carbons (Fsp3) is 0.632. The minimum Gasteiger partial charge on any atom is -0.356 e. The minimum atomic E-state index is -3.39. The van der Waals surface area contributed by atoms with Gasteiger partial charge < -0.3 is 10.2 Å². The van der Waals surface area contributed by atoms with Gasteiger partial charge in [-0.1, -0.05) is 30.5 Å². The number of carbonyl (C=O) groups is 1. The van der Waals surface area contributed by atoms with Crippen LogP contribution in [-0.2, 0) is 14.6 Å². The molecule has 5 nitrogen and oxygen atoms in total. The number of carbonyl (C=O) groups excluding carboxylic acids is 1. The lowest BCUT2D eigenvalue weighted by Crippen LogP contribution is -2.31. The molecule has 1 N–H and O–H groups in total. The first kappa shape index (κ1) is 19.9. The average molecular weight is 367 g/mol. The normalized spacial score (nSPS) is 16.4. The van der Waals surface area contributed by atoms with E-state index in [0.29, 0.717) is 6.54 Å². The van der Waals surface area contributed by atoms with Crippen molar-refractivity contribution in [1.29, 1.82) is 0 Å². The number of sulfone groups is 1. The Bertz CT molecular complexity index is 633. The molecule has 2 rings (SSSR count). The molecule has 0 aliphatic carbocycles. The molecule has 1 fully saturated rings. The van der Waals surface area contributed by atoms with Crippen LogP contribution in [0.2, 0.25) is 0 Å². The lowest BCUT2D eigenvalue weighted by Gasteiger charge is -2.19. The Kier molecular flexibility index (Phi) is 7.90. The van der Waals surface area contributed by atoms with Crippen molar-refractivity contribution >= 4 is 15.7 Å². The topological polar surface area (TPSA) is 66.5 Å². The summed E-state index contributed by atoms with van der Waals surface area (Å²) in [5, 5.41) is 2.84. The molecule has 140 valence electrons. The van der Waals surface area contributed by atoms with Crippen molar-refractivity contribution in [3.05, 3.63) is 29.8 Å². The highest BCUT2D eigenvalue weighted by Crippen LogP contribution is 2.13. The van der Waals surface area contributed by atoms with Crippen molar-refractivity contribution in [2.75, 3.05) is 31.9 Å². The van der Waals surface area contributed by atoms with Gasteiger partial charge in [-0.25, -0.2) is 8.42 Å². The van der Waals surface area contributed by atoms with Crippen molar-refractivity contribution in [3.8, 4) is 0 Å². The summed E-state index contributed by atoms with van der Waals surface area (Å²) in [4.78, 5) is 14.6. The molecule has 1 aliphatic heterocycles. The molecule has 1 heterocycles. The summed E-state index contributed by atoms with van der Waals surface area (Å²) in [7, 11) is -3.39. The average Bonchev–Trinajstić information content (AvgIpc) is 2.86. The van der Waals surface area contributed by atoms with Gasteiger partial charge >= 0.3 is 0 Å². The summed E-state index contributed by atoms with van der Waals surface area (Å²) in [5.74, 6) is -0.333. The first-order valence-corrected chi connectivity index (χ1v) is 10.9. The number of likely N-dealkylation sites (tertiary alicyclic amines) is 1. The van der Waals surface area contributed by atoms with E-state index in [9.17, 15) is 13.2 Å². The summed E-state index contributed by atoms with van der Waals surface area (Å²) < 4.78 is 24.5. The molecule has 1 aliphatic rings. The van der Waals surface area contributed by atoms with Gasteiger partial charge in [-0.3, -0.25) is 4.79 Å². The van der Waals surface area contributed by atoms with Crippen molar-refractivity contribution in [2.24, 2.45) is 0 Å². The lowest BCUT2D eigenvalue weighted by atomic mass is 10.2. The lowest BCUT2D eigenvalue weighted by molar-refractivity contribution is -0.120. The van der Waals surface area contributed by atoms with Crippen LogP contribution in [0, 0.1) is 6.92 Å². The molecule has 0 atom stereocenters. The van der Waals surface area contributed by atoms with Crippen LogP contribution in [0.25, 0.3) is 0 Å². The number of hydrogen-bond donors (Lipinski definition) is 1. The summed E-state index contributed by atoms with van der Waals surface area (Å²) >= 11 is 0. The summed E-state index contributed by atoms with van der Waals surface area (Å²) in [5.41, 5.74) is 1.01. The van der Waals surface area contributed by atoms with Crippen molar-refractivity contribution in [1.82, 2.24) is 10.2 Å². The molecule has 1 aromatic carbocycles. The quantitative estimate of drug-likeness (QED) is 0.718. The smallest absolute Gasteiger partial charge is 0.221 e. The van der Waals surface area contributed by atoms with Crippen LogP contribution in [0.1, 0.15) is 44.1 Å². The van der Waals surface area contributed by atoms with E-state index in [1.54, 1.807) is 24.3 Å². The third-order valence-corrected chi connectivity index (χ3v) is 6.38. The van der Waals surface area contributed by atoms with Crippen molar-refractivity contribution in [3.63, 3.8) is 0 Å². The highest BCUT2D eigenvalue weighted by atomic mass is 32.2. The molecule has 0 saturated carbocycles. The van der Waals surface area contributed by atoms with Gasteiger partial charge in [0.2, 0.25) is 5.91 Å². The first-order chi connectivity index (χ1) is 12.0. The number of nitrogens with one attached hydrogen (secondary N) is 1. The fourth-order valence-electron chi connectivity index (χ4n) is 3.07. The molecule has 1 amide bonds. The number of hydrogen-bond acceptors (Lipinski definition) is 4. The number of nitrogens with zero attached hydrogens (tertiary/aromatic N) is 1. The van der Waals surface area contributed by atoms with Crippen LogP contribution in [0.5, 0.6) is 0 Å². The Morgan fingerprint density at radius 1 is 1.08 bits per heavy atom. The van der Waals surface area contributed by atoms with Crippen LogP contribution < -0.4 is 5.32 Å². The second kappa shape index (κ2) is 9.92. The zero-order chi connectivity index (χ0) is 18.1. The van der Waals surface area contributed by atoms with Crippen LogP contribution >= 0.6 is 0 Å². The van der Waals surface area contributed by atoms with E-state index in [4.69, 9.17) is 0 Å². The van der Waals surface area contributed by atoms with Crippen molar-refractivity contribution < 1.29 is 13.2 Å². The van der Waals surface area contributed by atoms with Crippen LogP contribution in [-0.4, -0.2) is 51.2 Å². The van der Waals surface area contributed by atoms with Gasteiger partial charge in [0.15, 0.2) is 9.84 Å². The molecular weight excluding hydrogens is 336 g/mol. The molecular formula is C19H30N2O3S. The van der Waals surface area contributed by atoms with E-state index in [1.807, 2.05) is 6.92 Å². The number of amides is 1. The van der Waals surface area contributed by atoms with Gasteiger partial charge in [-0.15, -0.1) is 0 Å². The van der Waals surface area contributed by atoms with Gasteiger partial charge in [0.1, 0.15) is 0 Å². The Hall–Kier alpha value is -1.40. The summed E-state index contributed by atoms with van der Waals surface area (Å²) in [6, 6.07) is 6.75. The largest absolute Gasteiger partial charge is 0.356 e. The molecule has 0 aromatic heterocycles. The Morgan fingerprint density at radius 2 is 1.72 bits per heavy atom. The predicted molar refractivity (Wildman–Crippen MR) is 100 cm³/mol. The second-order valence-corrected chi connectivity index (χ2v) is 8.95. The predicted octanol–water partition coefficient (Wildman–Crippen LogP) is 2.54. The van der Waals surface area contributed by atoms with E-state index in [1.165, 1.54) is 25.7 Å². The van der Waals surface area contributed by atoms with Crippen LogP contribution in [0.4, 0.5) is 0 Å². The molecule has 1 aromatic rings. The fourth-order valence-corrected chi connectivity index (χ4v) is 4.31. The Morgan fingerprint density at radius 3 is 2.36 bits per heavy atom. The molecule has 1 saturated heterocycles. The third kappa shape index (κ3) is 7.16. The molecule has 0 bridgehead atoms. The maximum atomic E-state index is 12.2. The number of rotatable bonds is 8. The van der Waals surface area contributed by atoms with Crippen molar-refractivity contribution in [2.45, 2.75) is 50.3 Å². The zero-order valence-electron chi connectivity index (χ0n) is 15.2. The van der Waals surface area contributed by atoms with E-state index in [-0.39, 0.29) is 23.0 Å². The molecule has 0 unspecified atom stereocenters. The number of benzene rings is 1. The monoisotopic (exact) mass is 366 g/mol. The van der Waals surface area contributed by atoms with Gasteiger partial charge in [-0.2, -0.15) is 0 Å². The molecule has 6 heteroatoms. The van der Waals surface area contributed by atoms with Crippen LogP contribution in [0.15, 0.2) is 29.2 Å². The van der Waals surface area contributed by atoms with E-state index in [2.05, 4.69) is 10.2 Å². The highest BCUT2D eigenvalue weighted by Gasteiger charge is 2.16. The Balaban J connectivity index is 1.65. The standard InChI is InChI=1S/C19H30N2O3S/c1-17-7-9-18(10-8-17)25(23,24)16-11-19(22)20-12-6-15-21-13-4-2-3-5-14-21/h7-10H,2-6,11-16H2,1H3,(H,20,22). The number of aryl methyl sites for hydroxylation is 1. The maximum absolute atomic E-state index is 12.2. The molecule has 25 heavy (non-hydrogen) atoms. The van der Waals surface area contributed by atoms with E-state index < -0.39 is 9.84 Å². The van der Waals surface area contributed by atoms with Gasteiger partial charge in [-0.05, 0) is 58.0 Å². The van der Waals surface area contributed by atoms with Gasteiger partial charge in [0, 0.05) is 13.0 Å². The van der Waals surface area contributed by atoms with Crippen LogP contribution in [0.3, 0.4) is 0 Å². The first-order valence-electron chi connectivity index (χ1n) is 9.26. The van der Waals surface area contributed by atoms with Gasteiger partial charge in [0.05, 0.1) is 10.6 Å². The van der Waals surface area contributed by atoms with E-state index >= 15 is 0 Å². The van der Waals surface area contributed by atoms with E-state index in [0.717, 1.165) is 31.6 Å². The molecule has 0 spiro atoms. The Labute approximate surface area is 151 Å². The third-order valence-electron chi connectivity index (χ3n) is 4.65.